The zero-order chi connectivity index (χ0) is 15.9. The number of hydrogen-bond acceptors (Lipinski definition) is 5. The van der Waals surface area contributed by atoms with Crippen LogP contribution in [-0.2, 0) is 0 Å². The molecule has 1 N–H and O–H groups in total. The number of benzene rings is 1. The van der Waals surface area contributed by atoms with Gasteiger partial charge >= 0.3 is 6.01 Å². The van der Waals surface area contributed by atoms with Crippen molar-refractivity contribution in [2.75, 3.05) is 18.5 Å². The highest BCUT2D eigenvalue weighted by Crippen LogP contribution is 2.24. The first-order valence-corrected chi connectivity index (χ1v) is 7.21. The number of anilines is 1. The van der Waals surface area contributed by atoms with Crippen LogP contribution in [0.1, 0.15) is 24.2 Å². The van der Waals surface area contributed by atoms with E-state index in [0.717, 1.165) is 0 Å². The summed E-state index contributed by atoms with van der Waals surface area (Å²) in [5.74, 6) is -0.0337. The van der Waals surface area contributed by atoms with Crippen LogP contribution in [-0.4, -0.2) is 29.1 Å². The lowest BCUT2D eigenvalue weighted by atomic mass is 10.2. The molecule has 0 bridgehead atoms. The normalized spacial score (nSPS) is 10.1. The Hall–Kier alpha value is -2.34. The average Bonchev–Trinajstić information content (AvgIpc) is 2.51. The molecule has 0 aliphatic heterocycles. The average molecular weight is 322 g/mol. The number of nitrogens with zero attached hydrogens (tertiary/aromatic N) is 2. The van der Waals surface area contributed by atoms with Crippen LogP contribution < -0.4 is 14.8 Å². The van der Waals surface area contributed by atoms with Crippen LogP contribution in [0, 0.1) is 0 Å². The summed E-state index contributed by atoms with van der Waals surface area (Å²) in [5.41, 5.74) is 0.853. The molecule has 2 rings (SSSR count). The van der Waals surface area contributed by atoms with Crippen molar-refractivity contribution >= 4 is 23.2 Å². The zero-order valence-corrected chi connectivity index (χ0v) is 13.1. The van der Waals surface area contributed by atoms with Crippen molar-refractivity contribution in [3.63, 3.8) is 0 Å². The van der Waals surface area contributed by atoms with Gasteiger partial charge in [-0.2, -0.15) is 4.98 Å². The van der Waals surface area contributed by atoms with Gasteiger partial charge in [0, 0.05) is 10.6 Å². The molecule has 1 amide bonds. The number of hydrogen-bond donors (Lipinski definition) is 1. The fourth-order valence-electron chi connectivity index (χ4n) is 1.68. The van der Waals surface area contributed by atoms with Gasteiger partial charge in [-0.1, -0.05) is 11.6 Å². The van der Waals surface area contributed by atoms with Crippen molar-refractivity contribution in [3.8, 4) is 11.9 Å². The van der Waals surface area contributed by atoms with Gasteiger partial charge in [0.1, 0.15) is 5.69 Å². The van der Waals surface area contributed by atoms with Gasteiger partial charge in [-0.05, 0) is 38.1 Å². The molecule has 22 heavy (non-hydrogen) atoms. The molecular formula is C15H16ClN3O3. The Balaban J connectivity index is 2.20. The summed E-state index contributed by atoms with van der Waals surface area (Å²) in [4.78, 5) is 20.3. The van der Waals surface area contributed by atoms with Gasteiger partial charge in [-0.15, -0.1) is 0 Å². The van der Waals surface area contributed by atoms with E-state index in [-0.39, 0.29) is 17.8 Å². The molecule has 1 aromatic heterocycles. The minimum Gasteiger partial charge on any atom is -0.476 e. The number of halogens is 1. The molecule has 0 fully saturated rings. The lowest BCUT2D eigenvalue weighted by Gasteiger charge is -2.11. The third kappa shape index (κ3) is 4.08. The predicted octanol–water partition coefficient (Wildman–Crippen LogP) is 3.18. The number of carbonyl (C=O) groups is 1. The van der Waals surface area contributed by atoms with E-state index >= 15 is 0 Å². The topological polar surface area (TPSA) is 73.3 Å². The highest BCUT2D eigenvalue weighted by Gasteiger charge is 2.13. The van der Waals surface area contributed by atoms with Crippen LogP contribution in [0.2, 0.25) is 5.02 Å². The summed E-state index contributed by atoms with van der Waals surface area (Å²) in [5, 5.41) is 3.28. The minimum atomic E-state index is -0.301. The maximum Gasteiger partial charge on any atom is 0.319 e. The van der Waals surface area contributed by atoms with Gasteiger partial charge in [0.05, 0.1) is 19.4 Å². The number of aromatic nitrogens is 2. The molecule has 0 unspecified atom stereocenters. The van der Waals surface area contributed by atoms with E-state index in [2.05, 4.69) is 15.3 Å². The van der Waals surface area contributed by atoms with Gasteiger partial charge < -0.3 is 14.8 Å². The molecule has 0 saturated heterocycles. The minimum absolute atomic E-state index is 0.204. The fraction of sp³-hybridized carbons (Fsp3) is 0.267. The first kappa shape index (κ1) is 16.0. The number of nitrogens with one attached hydrogen (secondary N) is 1. The molecule has 1 heterocycles. The van der Waals surface area contributed by atoms with Crippen molar-refractivity contribution in [2.45, 2.75) is 13.8 Å². The van der Waals surface area contributed by atoms with E-state index < -0.39 is 0 Å². The third-order valence-corrected chi connectivity index (χ3v) is 2.89. The van der Waals surface area contributed by atoms with Crippen LogP contribution in [0.4, 0.5) is 5.69 Å². The Morgan fingerprint density at radius 1 is 1.18 bits per heavy atom. The highest BCUT2D eigenvalue weighted by molar-refractivity contribution is 6.30. The summed E-state index contributed by atoms with van der Waals surface area (Å²) < 4.78 is 10.6. The Morgan fingerprint density at radius 3 is 2.50 bits per heavy atom. The summed E-state index contributed by atoms with van der Waals surface area (Å²) in [6.45, 7) is 4.52. The van der Waals surface area contributed by atoms with Gasteiger partial charge in [0.25, 0.3) is 5.91 Å². The molecule has 0 radical (unpaired) electrons. The standard InChI is InChI=1S/C15H16ClN3O3/c1-3-21-14-12(9-17-15(19-14)22-4-2)18-13(20)10-5-7-11(16)8-6-10/h5-9H,3-4H2,1-2H3,(H,18,20). The summed E-state index contributed by atoms with van der Waals surface area (Å²) in [6.07, 6.45) is 1.46. The first-order valence-electron chi connectivity index (χ1n) is 6.83. The molecule has 0 saturated carbocycles. The van der Waals surface area contributed by atoms with Gasteiger partial charge in [-0.3, -0.25) is 4.79 Å². The van der Waals surface area contributed by atoms with Crippen LogP contribution in [0.25, 0.3) is 0 Å². The quantitative estimate of drug-likeness (QED) is 0.884. The molecule has 116 valence electrons. The second-order valence-corrected chi connectivity index (χ2v) is 4.63. The third-order valence-electron chi connectivity index (χ3n) is 2.64. The Morgan fingerprint density at radius 2 is 1.86 bits per heavy atom. The highest BCUT2D eigenvalue weighted by atomic mass is 35.5. The van der Waals surface area contributed by atoms with Crippen molar-refractivity contribution in [2.24, 2.45) is 0 Å². The first-order chi connectivity index (χ1) is 10.6. The number of rotatable bonds is 6. The monoisotopic (exact) mass is 321 g/mol. The van der Waals surface area contributed by atoms with Crippen LogP contribution in [0.3, 0.4) is 0 Å². The SMILES string of the molecule is CCOc1ncc(NC(=O)c2ccc(Cl)cc2)c(OCC)n1. The second kappa shape index (κ2) is 7.61. The Labute approximate surface area is 133 Å². The van der Waals surface area contributed by atoms with E-state index in [9.17, 15) is 4.79 Å². The van der Waals surface area contributed by atoms with Gasteiger partial charge in [0.15, 0.2) is 0 Å². The molecule has 1 aromatic carbocycles. The molecular weight excluding hydrogens is 306 g/mol. The van der Waals surface area contributed by atoms with Crippen LogP contribution in [0.15, 0.2) is 30.5 Å². The molecule has 0 aliphatic carbocycles. The Bertz CT molecular complexity index is 647. The van der Waals surface area contributed by atoms with Crippen molar-refractivity contribution < 1.29 is 14.3 Å². The van der Waals surface area contributed by atoms with Gasteiger partial charge in [-0.25, -0.2) is 4.98 Å². The molecule has 0 aliphatic rings. The molecule has 7 heteroatoms. The summed E-state index contributed by atoms with van der Waals surface area (Å²) in [7, 11) is 0. The maximum absolute atomic E-state index is 12.2. The maximum atomic E-state index is 12.2. The van der Waals surface area contributed by atoms with E-state index in [1.54, 1.807) is 24.3 Å². The fourth-order valence-corrected chi connectivity index (χ4v) is 1.80. The lowest BCUT2D eigenvalue weighted by molar-refractivity contribution is 0.102. The van der Waals surface area contributed by atoms with Gasteiger partial charge in [0.2, 0.25) is 5.88 Å². The smallest absolute Gasteiger partial charge is 0.319 e. The van der Waals surface area contributed by atoms with E-state index in [0.29, 0.717) is 29.5 Å². The van der Waals surface area contributed by atoms with Crippen LogP contribution >= 0.6 is 11.6 Å². The lowest BCUT2D eigenvalue weighted by Crippen LogP contribution is -2.14. The number of ether oxygens (including phenoxy) is 2. The molecule has 0 spiro atoms. The largest absolute Gasteiger partial charge is 0.476 e. The van der Waals surface area contributed by atoms with Crippen molar-refractivity contribution in [3.05, 3.63) is 41.0 Å². The van der Waals surface area contributed by atoms with Crippen molar-refractivity contribution in [1.29, 1.82) is 0 Å². The predicted molar refractivity (Wildman–Crippen MR) is 83.8 cm³/mol. The second-order valence-electron chi connectivity index (χ2n) is 4.20. The van der Waals surface area contributed by atoms with Crippen LogP contribution in [0.5, 0.6) is 11.9 Å². The molecule has 2 aromatic rings. The summed E-state index contributed by atoms with van der Waals surface area (Å²) in [6, 6.07) is 6.76. The zero-order valence-electron chi connectivity index (χ0n) is 12.3. The number of amides is 1. The van der Waals surface area contributed by atoms with Crippen molar-refractivity contribution in [1.82, 2.24) is 9.97 Å². The van der Waals surface area contributed by atoms with E-state index in [1.165, 1.54) is 6.20 Å². The number of carbonyl (C=O) groups excluding carboxylic acids is 1. The molecule has 6 nitrogen and oxygen atoms in total. The Kier molecular flexibility index (Phi) is 5.55. The summed E-state index contributed by atoms with van der Waals surface area (Å²) >= 11 is 5.80. The van der Waals surface area contributed by atoms with E-state index in [1.807, 2.05) is 13.8 Å². The molecule has 0 atom stereocenters. The van der Waals surface area contributed by atoms with E-state index in [4.69, 9.17) is 21.1 Å².